The van der Waals surface area contributed by atoms with Crippen molar-refractivity contribution in [2.45, 2.75) is 6.92 Å². The molecule has 0 fully saturated rings. The van der Waals surface area contributed by atoms with Crippen LogP contribution < -0.4 is 5.32 Å². The van der Waals surface area contributed by atoms with Gasteiger partial charge in [-0.25, -0.2) is 0 Å². The minimum Gasteiger partial charge on any atom is -0.456 e. The fourth-order valence-electron chi connectivity index (χ4n) is 2.82. The molecule has 0 saturated heterocycles. The van der Waals surface area contributed by atoms with Gasteiger partial charge in [-0.3, -0.25) is 25.0 Å². The SMILES string of the molecule is Cc1ccc(NC(=O)/C(C#N)=C/c2ccc(-c3ccc(Cl)cc3[N+](=O)[O-])o2)c([N+](=O)[O-])c1. The molecule has 32 heavy (non-hydrogen) atoms. The lowest BCUT2D eigenvalue weighted by Crippen LogP contribution is -2.14. The van der Waals surface area contributed by atoms with Crippen molar-refractivity contribution < 1.29 is 19.1 Å². The summed E-state index contributed by atoms with van der Waals surface area (Å²) in [6.07, 6.45) is 1.13. The molecule has 3 rings (SSSR count). The third kappa shape index (κ3) is 4.80. The van der Waals surface area contributed by atoms with Crippen LogP contribution in [0, 0.1) is 38.5 Å². The Balaban J connectivity index is 1.90. The van der Waals surface area contributed by atoms with Crippen LogP contribution in [0.4, 0.5) is 17.1 Å². The first-order valence-electron chi connectivity index (χ1n) is 8.92. The molecule has 0 radical (unpaired) electrons. The number of nitrogens with one attached hydrogen (secondary N) is 1. The highest BCUT2D eigenvalue weighted by Gasteiger charge is 2.20. The molecule has 0 spiro atoms. The van der Waals surface area contributed by atoms with Crippen LogP contribution in [0.5, 0.6) is 0 Å². The Hall–Kier alpha value is -4.49. The number of rotatable bonds is 6. The second-order valence-electron chi connectivity index (χ2n) is 6.52. The van der Waals surface area contributed by atoms with E-state index in [1.165, 1.54) is 42.5 Å². The Morgan fingerprint density at radius 1 is 1.09 bits per heavy atom. The summed E-state index contributed by atoms with van der Waals surface area (Å²) in [5, 5.41) is 34.4. The number of furan rings is 1. The number of hydrogen-bond acceptors (Lipinski definition) is 7. The van der Waals surface area contributed by atoms with Gasteiger partial charge in [0, 0.05) is 23.2 Å². The average Bonchev–Trinajstić information content (AvgIpc) is 3.21. The number of carbonyl (C=O) groups excluding carboxylic acids is 1. The van der Waals surface area contributed by atoms with Gasteiger partial charge in [0.05, 0.1) is 15.4 Å². The van der Waals surface area contributed by atoms with Gasteiger partial charge in [0.25, 0.3) is 17.3 Å². The van der Waals surface area contributed by atoms with Gasteiger partial charge in [-0.05, 0) is 42.8 Å². The number of hydrogen-bond donors (Lipinski definition) is 1. The Morgan fingerprint density at radius 2 is 1.81 bits per heavy atom. The largest absolute Gasteiger partial charge is 0.456 e. The number of nitro groups is 2. The van der Waals surface area contributed by atoms with Crippen LogP contribution in [0.25, 0.3) is 17.4 Å². The summed E-state index contributed by atoms with van der Waals surface area (Å²) < 4.78 is 5.55. The lowest BCUT2D eigenvalue weighted by molar-refractivity contribution is -0.384. The van der Waals surface area contributed by atoms with Crippen molar-refractivity contribution in [1.82, 2.24) is 0 Å². The molecule has 1 amide bonds. The molecule has 1 N–H and O–H groups in total. The third-order valence-electron chi connectivity index (χ3n) is 4.30. The molecule has 2 aromatic carbocycles. The minimum absolute atomic E-state index is 0.0660. The maximum atomic E-state index is 12.5. The van der Waals surface area contributed by atoms with Crippen molar-refractivity contribution in [3.05, 3.63) is 90.7 Å². The fourth-order valence-corrected chi connectivity index (χ4v) is 2.98. The Kier molecular flexibility index (Phi) is 6.32. The first kappa shape index (κ1) is 22.2. The zero-order valence-electron chi connectivity index (χ0n) is 16.4. The zero-order valence-corrected chi connectivity index (χ0v) is 17.1. The van der Waals surface area contributed by atoms with Crippen molar-refractivity contribution in [1.29, 1.82) is 5.26 Å². The monoisotopic (exact) mass is 452 g/mol. The van der Waals surface area contributed by atoms with E-state index in [9.17, 15) is 30.3 Å². The summed E-state index contributed by atoms with van der Waals surface area (Å²) in [4.78, 5) is 33.8. The molecule has 0 saturated carbocycles. The van der Waals surface area contributed by atoms with Gasteiger partial charge in [0.15, 0.2) is 0 Å². The molecule has 10 nitrogen and oxygen atoms in total. The molecule has 3 aromatic rings. The smallest absolute Gasteiger partial charge is 0.293 e. The number of amides is 1. The molecule has 0 aliphatic heterocycles. The zero-order chi connectivity index (χ0) is 23.4. The van der Waals surface area contributed by atoms with E-state index in [4.69, 9.17) is 16.0 Å². The number of halogens is 1. The fraction of sp³-hybridized carbons (Fsp3) is 0.0476. The lowest BCUT2D eigenvalue weighted by Gasteiger charge is -2.06. The van der Waals surface area contributed by atoms with Crippen LogP contribution in [0.15, 0.2) is 58.5 Å². The molecular formula is C21H13ClN4O6. The Bertz CT molecular complexity index is 1320. The van der Waals surface area contributed by atoms with E-state index < -0.39 is 15.8 Å². The number of nitrogens with zero attached hydrogens (tertiary/aromatic N) is 3. The molecule has 1 aromatic heterocycles. The third-order valence-corrected chi connectivity index (χ3v) is 4.53. The number of nitriles is 1. The van der Waals surface area contributed by atoms with E-state index >= 15 is 0 Å². The predicted octanol–water partition coefficient (Wildman–Crippen LogP) is 5.27. The van der Waals surface area contributed by atoms with Crippen molar-refractivity contribution in [3.8, 4) is 17.4 Å². The van der Waals surface area contributed by atoms with Gasteiger partial charge in [0.2, 0.25) is 0 Å². The predicted molar refractivity (Wildman–Crippen MR) is 116 cm³/mol. The quantitative estimate of drug-likeness (QED) is 0.231. The Morgan fingerprint density at radius 3 is 2.47 bits per heavy atom. The van der Waals surface area contributed by atoms with E-state index in [0.29, 0.717) is 5.56 Å². The maximum Gasteiger partial charge on any atom is 0.293 e. The first-order valence-corrected chi connectivity index (χ1v) is 9.29. The molecule has 0 aliphatic rings. The highest BCUT2D eigenvalue weighted by molar-refractivity contribution is 6.30. The maximum absolute atomic E-state index is 12.5. The van der Waals surface area contributed by atoms with E-state index in [2.05, 4.69) is 5.32 Å². The summed E-state index contributed by atoms with van der Waals surface area (Å²) in [5.74, 6) is -0.671. The summed E-state index contributed by atoms with van der Waals surface area (Å²) in [6.45, 7) is 1.67. The topological polar surface area (TPSA) is 152 Å². The van der Waals surface area contributed by atoms with Crippen LogP contribution in [0.1, 0.15) is 11.3 Å². The summed E-state index contributed by atoms with van der Waals surface area (Å²) in [7, 11) is 0. The standard InChI is InChI=1S/C21H13ClN4O6/c1-12-2-6-17(19(8-12)26(30)31)24-21(27)13(11-23)9-15-4-7-20(32-15)16-5-3-14(22)10-18(16)25(28)29/h2-10H,1H3,(H,24,27)/b13-9+. The normalized spacial score (nSPS) is 11.0. The molecule has 0 unspecified atom stereocenters. The van der Waals surface area contributed by atoms with Crippen LogP contribution in [-0.4, -0.2) is 15.8 Å². The summed E-state index contributed by atoms with van der Waals surface area (Å²) in [5.41, 5.74) is -0.240. The highest BCUT2D eigenvalue weighted by Crippen LogP contribution is 2.34. The molecule has 0 atom stereocenters. The van der Waals surface area contributed by atoms with Gasteiger partial charge < -0.3 is 9.73 Å². The molecule has 0 aliphatic carbocycles. The number of aryl methyl sites for hydroxylation is 1. The first-order chi connectivity index (χ1) is 15.2. The summed E-state index contributed by atoms with van der Waals surface area (Å²) in [6, 6.07) is 12.9. The van der Waals surface area contributed by atoms with Crippen molar-refractivity contribution in [2.24, 2.45) is 0 Å². The van der Waals surface area contributed by atoms with Crippen molar-refractivity contribution >= 4 is 40.6 Å². The van der Waals surface area contributed by atoms with Crippen LogP contribution in [0.3, 0.4) is 0 Å². The average molecular weight is 453 g/mol. The molecule has 0 bridgehead atoms. The second kappa shape index (κ2) is 9.11. The number of nitro benzene ring substituents is 2. The van der Waals surface area contributed by atoms with Gasteiger partial charge in [-0.2, -0.15) is 5.26 Å². The van der Waals surface area contributed by atoms with Crippen LogP contribution in [0.2, 0.25) is 5.02 Å². The molecule has 160 valence electrons. The summed E-state index contributed by atoms with van der Waals surface area (Å²) >= 11 is 5.81. The van der Waals surface area contributed by atoms with Gasteiger partial charge in [-0.1, -0.05) is 17.7 Å². The van der Waals surface area contributed by atoms with Crippen LogP contribution >= 0.6 is 11.6 Å². The number of benzene rings is 2. The molecule has 1 heterocycles. The van der Waals surface area contributed by atoms with Gasteiger partial charge in [-0.15, -0.1) is 0 Å². The van der Waals surface area contributed by atoms with E-state index in [0.717, 1.165) is 6.08 Å². The molecule has 11 heteroatoms. The van der Waals surface area contributed by atoms with E-state index in [1.54, 1.807) is 19.1 Å². The second-order valence-corrected chi connectivity index (χ2v) is 6.96. The van der Waals surface area contributed by atoms with Gasteiger partial charge in [0.1, 0.15) is 28.9 Å². The minimum atomic E-state index is -0.880. The lowest BCUT2D eigenvalue weighted by atomic mass is 10.1. The van der Waals surface area contributed by atoms with Gasteiger partial charge >= 0.3 is 0 Å². The Labute approximate surface area is 185 Å². The highest BCUT2D eigenvalue weighted by atomic mass is 35.5. The van der Waals surface area contributed by atoms with Crippen molar-refractivity contribution in [2.75, 3.05) is 5.32 Å². The number of anilines is 1. The molecular weight excluding hydrogens is 440 g/mol. The van der Waals surface area contributed by atoms with E-state index in [1.807, 2.05) is 0 Å². The number of carbonyl (C=O) groups is 1. The van der Waals surface area contributed by atoms with E-state index in [-0.39, 0.29) is 44.7 Å². The van der Waals surface area contributed by atoms with Crippen molar-refractivity contribution in [3.63, 3.8) is 0 Å². The van der Waals surface area contributed by atoms with Crippen LogP contribution in [-0.2, 0) is 4.79 Å².